The summed E-state index contributed by atoms with van der Waals surface area (Å²) in [5.41, 5.74) is 8.18. The first-order valence-electron chi connectivity index (χ1n) is 4.97. The lowest BCUT2D eigenvalue weighted by Gasteiger charge is -2.14. The highest BCUT2D eigenvalue weighted by atomic mass is 16.5. The Morgan fingerprint density at radius 1 is 1.53 bits per heavy atom. The predicted octanol–water partition coefficient (Wildman–Crippen LogP) is 0.569. The summed E-state index contributed by atoms with van der Waals surface area (Å²) in [5.74, 6) is 0.837. The highest BCUT2D eigenvalue weighted by molar-refractivity contribution is 5.41. The molecule has 0 aliphatic carbocycles. The number of nitrogens with zero attached hydrogens (tertiary/aromatic N) is 1. The van der Waals surface area contributed by atoms with E-state index in [0.717, 1.165) is 22.6 Å². The van der Waals surface area contributed by atoms with Gasteiger partial charge in [0.2, 0.25) is 0 Å². The molecule has 4 nitrogen and oxygen atoms in total. The fourth-order valence-corrected chi connectivity index (χ4v) is 1.58. The molecular formula is C11H18N2O2. The van der Waals surface area contributed by atoms with Crippen molar-refractivity contribution in [3.63, 3.8) is 0 Å². The maximum atomic E-state index is 9.46. The summed E-state index contributed by atoms with van der Waals surface area (Å²) in [6, 6.07) is 0. The van der Waals surface area contributed by atoms with Crippen LogP contribution in [0.5, 0.6) is 5.75 Å². The third-order valence-corrected chi connectivity index (χ3v) is 2.45. The summed E-state index contributed by atoms with van der Waals surface area (Å²) >= 11 is 0. The Balaban J connectivity index is 2.99. The normalized spacial score (nSPS) is 12.6. The lowest BCUT2D eigenvalue weighted by Crippen LogP contribution is -2.23. The van der Waals surface area contributed by atoms with Gasteiger partial charge in [-0.15, -0.1) is 0 Å². The maximum absolute atomic E-state index is 9.46. The van der Waals surface area contributed by atoms with E-state index in [1.807, 2.05) is 13.8 Å². The molecule has 15 heavy (non-hydrogen) atoms. The van der Waals surface area contributed by atoms with Gasteiger partial charge in [-0.1, -0.05) is 0 Å². The number of hydrogen-bond donors (Lipinski definition) is 2. The van der Waals surface area contributed by atoms with Crippen LogP contribution in [-0.2, 0) is 6.42 Å². The molecule has 0 fully saturated rings. The molecule has 0 saturated heterocycles. The summed E-state index contributed by atoms with van der Waals surface area (Å²) in [6.45, 7) is 4.14. The van der Waals surface area contributed by atoms with Crippen molar-refractivity contribution in [2.45, 2.75) is 26.4 Å². The SMILES string of the molecule is COc1c(C)cnc(CC(O)CN)c1C. The van der Waals surface area contributed by atoms with E-state index in [1.165, 1.54) is 0 Å². The molecule has 0 aliphatic heterocycles. The maximum Gasteiger partial charge on any atom is 0.128 e. The van der Waals surface area contributed by atoms with Crippen molar-refractivity contribution in [1.82, 2.24) is 4.98 Å². The summed E-state index contributed by atoms with van der Waals surface area (Å²) < 4.78 is 5.28. The Bertz CT molecular complexity index is 340. The Hall–Kier alpha value is -1.13. The van der Waals surface area contributed by atoms with E-state index in [4.69, 9.17) is 10.5 Å². The average Bonchev–Trinajstić information content (AvgIpc) is 2.23. The van der Waals surface area contributed by atoms with Crippen molar-refractivity contribution in [3.05, 3.63) is 23.0 Å². The van der Waals surface area contributed by atoms with Crippen LogP contribution in [0.25, 0.3) is 0 Å². The van der Waals surface area contributed by atoms with E-state index < -0.39 is 6.10 Å². The van der Waals surface area contributed by atoms with Crippen molar-refractivity contribution in [2.24, 2.45) is 5.73 Å². The second-order valence-electron chi connectivity index (χ2n) is 3.64. The van der Waals surface area contributed by atoms with Crippen LogP contribution in [0, 0.1) is 13.8 Å². The number of nitrogens with two attached hydrogens (primary N) is 1. The van der Waals surface area contributed by atoms with Gasteiger partial charge in [0.25, 0.3) is 0 Å². The number of aliphatic hydroxyl groups excluding tert-OH is 1. The second-order valence-corrected chi connectivity index (χ2v) is 3.64. The zero-order valence-electron chi connectivity index (χ0n) is 9.45. The van der Waals surface area contributed by atoms with Crippen molar-refractivity contribution >= 4 is 0 Å². The molecule has 0 saturated carbocycles. The molecule has 3 N–H and O–H groups in total. The van der Waals surface area contributed by atoms with Gasteiger partial charge in [-0.25, -0.2) is 0 Å². The van der Waals surface area contributed by atoms with Gasteiger partial charge in [0.05, 0.1) is 13.2 Å². The standard InChI is InChI=1S/C11H18N2O2/c1-7-6-13-10(4-9(14)5-12)8(2)11(7)15-3/h6,9,14H,4-5,12H2,1-3H3. The summed E-state index contributed by atoms with van der Waals surface area (Å²) in [5, 5.41) is 9.46. The molecule has 0 aliphatic rings. The summed E-state index contributed by atoms with van der Waals surface area (Å²) in [7, 11) is 1.64. The van der Waals surface area contributed by atoms with Crippen LogP contribution >= 0.6 is 0 Å². The van der Waals surface area contributed by atoms with E-state index in [2.05, 4.69) is 4.98 Å². The highest BCUT2D eigenvalue weighted by Gasteiger charge is 2.12. The van der Waals surface area contributed by atoms with Crippen LogP contribution in [0.2, 0.25) is 0 Å². The first kappa shape index (κ1) is 11.9. The number of aromatic nitrogens is 1. The van der Waals surface area contributed by atoms with E-state index in [0.29, 0.717) is 6.42 Å². The minimum atomic E-state index is -0.538. The van der Waals surface area contributed by atoms with Crippen LogP contribution in [0.4, 0.5) is 0 Å². The van der Waals surface area contributed by atoms with Crippen LogP contribution in [0.15, 0.2) is 6.20 Å². The van der Waals surface area contributed by atoms with E-state index >= 15 is 0 Å². The van der Waals surface area contributed by atoms with Gasteiger partial charge in [-0.2, -0.15) is 0 Å². The molecule has 84 valence electrons. The summed E-state index contributed by atoms with van der Waals surface area (Å²) in [6.07, 6.45) is 1.69. The quantitative estimate of drug-likeness (QED) is 0.762. The Morgan fingerprint density at radius 3 is 2.73 bits per heavy atom. The largest absolute Gasteiger partial charge is 0.496 e. The highest BCUT2D eigenvalue weighted by Crippen LogP contribution is 2.24. The molecule has 0 spiro atoms. The molecule has 1 unspecified atom stereocenters. The number of ether oxygens (including phenoxy) is 1. The molecule has 0 amide bonds. The van der Waals surface area contributed by atoms with E-state index in [-0.39, 0.29) is 6.54 Å². The monoisotopic (exact) mass is 210 g/mol. The molecule has 1 aromatic rings. The Labute approximate surface area is 90.1 Å². The third kappa shape index (κ3) is 2.67. The minimum absolute atomic E-state index is 0.247. The van der Waals surface area contributed by atoms with Gasteiger partial charge in [0.1, 0.15) is 5.75 Å². The third-order valence-electron chi connectivity index (χ3n) is 2.45. The van der Waals surface area contributed by atoms with Crippen molar-refractivity contribution in [3.8, 4) is 5.75 Å². The van der Waals surface area contributed by atoms with Gasteiger partial charge in [-0.05, 0) is 13.8 Å². The fourth-order valence-electron chi connectivity index (χ4n) is 1.58. The van der Waals surface area contributed by atoms with Gasteiger partial charge in [0.15, 0.2) is 0 Å². The number of aliphatic hydroxyl groups is 1. The second kappa shape index (κ2) is 5.09. The molecule has 1 rings (SSSR count). The minimum Gasteiger partial charge on any atom is -0.496 e. The van der Waals surface area contributed by atoms with Crippen LogP contribution in [-0.4, -0.2) is 29.8 Å². The molecular weight excluding hydrogens is 192 g/mol. The molecule has 4 heteroatoms. The zero-order chi connectivity index (χ0) is 11.4. The molecule has 1 atom stereocenters. The fraction of sp³-hybridized carbons (Fsp3) is 0.545. The van der Waals surface area contributed by atoms with Crippen LogP contribution < -0.4 is 10.5 Å². The topological polar surface area (TPSA) is 68.4 Å². The van der Waals surface area contributed by atoms with Crippen LogP contribution in [0.3, 0.4) is 0 Å². The molecule has 0 bridgehead atoms. The van der Waals surface area contributed by atoms with Crippen molar-refractivity contribution in [1.29, 1.82) is 0 Å². The number of methoxy groups -OCH3 is 1. The summed E-state index contributed by atoms with van der Waals surface area (Å²) in [4.78, 5) is 4.28. The lowest BCUT2D eigenvalue weighted by atomic mass is 10.1. The first-order chi connectivity index (χ1) is 7.10. The Kier molecular flexibility index (Phi) is 4.05. The first-order valence-corrected chi connectivity index (χ1v) is 4.97. The molecule has 0 aromatic carbocycles. The molecule has 1 aromatic heterocycles. The average molecular weight is 210 g/mol. The smallest absolute Gasteiger partial charge is 0.128 e. The Morgan fingerprint density at radius 2 is 2.20 bits per heavy atom. The van der Waals surface area contributed by atoms with E-state index in [1.54, 1.807) is 13.3 Å². The van der Waals surface area contributed by atoms with Gasteiger partial charge >= 0.3 is 0 Å². The molecule has 1 heterocycles. The number of rotatable bonds is 4. The number of hydrogen-bond acceptors (Lipinski definition) is 4. The predicted molar refractivity (Wildman–Crippen MR) is 59.0 cm³/mol. The van der Waals surface area contributed by atoms with Crippen LogP contribution in [0.1, 0.15) is 16.8 Å². The number of aryl methyl sites for hydroxylation is 1. The van der Waals surface area contributed by atoms with Crippen molar-refractivity contribution < 1.29 is 9.84 Å². The van der Waals surface area contributed by atoms with Gasteiger partial charge < -0.3 is 15.6 Å². The van der Waals surface area contributed by atoms with Gasteiger partial charge in [0, 0.05) is 36.0 Å². The lowest BCUT2D eigenvalue weighted by molar-refractivity contribution is 0.182. The van der Waals surface area contributed by atoms with Gasteiger partial charge in [-0.3, -0.25) is 4.98 Å². The van der Waals surface area contributed by atoms with Crippen molar-refractivity contribution in [2.75, 3.05) is 13.7 Å². The zero-order valence-corrected chi connectivity index (χ0v) is 9.45. The van der Waals surface area contributed by atoms with E-state index in [9.17, 15) is 5.11 Å². The number of pyridine rings is 1. The molecule has 0 radical (unpaired) electrons.